The Kier molecular flexibility index (Phi) is 8.63. The second-order valence-electron chi connectivity index (χ2n) is 8.57. The number of carbonyl (C=O) groups is 1. The summed E-state index contributed by atoms with van der Waals surface area (Å²) < 4.78 is 15.1. The maximum absolute atomic E-state index is 13.9. The Morgan fingerprint density at radius 2 is 1.77 bits per heavy atom. The first-order valence-corrected chi connectivity index (χ1v) is 14.7. The van der Waals surface area contributed by atoms with Crippen LogP contribution in [0, 0.1) is 3.95 Å². The molecule has 8 nitrogen and oxygen atoms in total. The molecule has 11 heteroatoms. The van der Waals surface area contributed by atoms with Crippen molar-refractivity contribution in [2.75, 3.05) is 19.5 Å². The fourth-order valence-electron chi connectivity index (χ4n) is 4.07. The number of carbonyl (C=O) groups excluding carboxylic acids is 1. The number of ether oxygens (including phenoxy) is 2. The molecule has 0 radical (unpaired) electrons. The van der Waals surface area contributed by atoms with Crippen LogP contribution >= 0.6 is 35.3 Å². The van der Waals surface area contributed by atoms with Crippen LogP contribution < -0.4 is 20.3 Å². The van der Waals surface area contributed by atoms with Gasteiger partial charge in [0.1, 0.15) is 16.2 Å². The summed E-state index contributed by atoms with van der Waals surface area (Å²) in [4.78, 5) is 31.6. The first-order chi connectivity index (χ1) is 19.5. The summed E-state index contributed by atoms with van der Waals surface area (Å²) in [5.74, 6) is 1.26. The topological polar surface area (TPSA) is 87.4 Å². The van der Waals surface area contributed by atoms with Gasteiger partial charge < -0.3 is 14.8 Å². The van der Waals surface area contributed by atoms with Crippen LogP contribution in [0.4, 0.5) is 0 Å². The molecule has 40 heavy (non-hydrogen) atoms. The van der Waals surface area contributed by atoms with Crippen molar-refractivity contribution in [1.82, 2.24) is 19.4 Å². The zero-order valence-corrected chi connectivity index (χ0v) is 24.3. The van der Waals surface area contributed by atoms with Gasteiger partial charge in [-0.05, 0) is 61.1 Å². The van der Waals surface area contributed by atoms with E-state index in [1.807, 2.05) is 61.5 Å². The summed E-state index contributed by atoms with van der Waals surface area (Å²) in [7, 11) is 1.59. The molecule has 5 aromatic rings. The van der Waals surface area contributed by atoms with Crippen molar-refractivity contribution in [3.8, 4) is 22.9 Å². The lowest BCUT2D eigenvalue weighted by Gasteiger charge is -2.14. The van der Waals surface area contributed by atoms with Crippen molar-refractivity contribution in [3.05, 3.63) is 98.7 Å². The molecule has 1 amide bonds. The average molecular weight is 591 g/mol. The van der Waals surface area contributed by atoms with Crippen molar-refractivity contribution >= 4 is 51.6 Å². The molecule has 0 aliphatic carbocycles. The summed E-state index contributed by atoms with van der Waals surface area (Å²) >= 11 is 8.07. The Morgan fingerprint density at radius 3 is 2.50 bits per heavy atom. The van der Waals surface area contributed by atoms with Gasteiger partial charge in [-0.2, -0.15) is 0 Å². The van der Waals surface area contributed by atoms with Crippen LogP contribution in [0.3, 0.4) is 0 Å². The molecular formula is C29H26N4O4S3. The molecule has 0 spiro atoms. The average Bonchev–Trinajstić information content (AvgIpc) is 3.32. The van der Waals surface area contributed by atoms with Crippen LogP contribution in [0.5, 0.6) is 11.5 Å². The fraction of sp³-hybridized carbons (Fsp3) is 0.172. The van der Waals surface area contributed by atoms with Gasteiger partial charge in [0.15, 0.2) is 14.8 Å². The lowest BCUT2D eigenvalue weighted by molar-refractivity contribution is -0.118. The monoisotopic (exact) mass is 590 g/mol. The van der Waals surface area contributed by atoms with Crippen LogP contribution in [0.15, 0.2) is 88.8 Å². The Bertz CT molecular complexity index is 1760. The zero-order chi connectivity index (χ0) is 28.1. The number of nitrogens with one attached hydrogen (secondary N) is 1. The van der Waals surface area contributed by atoms with E-state index in [0.717, 1.165) is 11.3 Å². The highest BCUT2D eigenvalue weighted by atomic mass is 32.2. The van der Waals surface area contributed by atoms with E-state index >= 15 is 0 Å². The third kappa shape index (κ3) is 5.96. The van der Waals surface area contributed by atoms with Crippen LogP contribution in [-0.2, 0) is 11.3 Å². The van der Waals surface area contributed by atoms with E-state index in [1.165, 1.54) is 27.7 Å². The quantitative estimate of drug-likeness (QED) is 0.125. The maximum atomic E-state index is 13.9. The predicted molar refractivity (Wildman–Crippen MR) is 162 cm³/mol. The third-order valence-corrected chi connectivity index (χ3v) is 8.25. The van der Waals surface area contributed by atoms with Crippen molar-refractivity contribution in [1.29, 1.82) is 0 Å². The summed E-state index contributed by atoms with van der Waals surface area (Å²) in [5, 5.41) is 3.31. The van der Waals surface area contributed by atoms with Crippen molar-refractivity contribution < 1.29 is 14.3 Å². The van der Waals surface area contributed by atoms with Crippen molar-refractivity contribution in [2.24, 2.45) is 0 Å². The molecule has 2 aromatic heterocycles. The minimum Gasteiger partial charge on any atom is -0.497 e. The normalized spacial score (nSPS) is 10.9. The molecule has 0 aliphatic heterocycles. The SMILES string of the molecule is CCOc1ccc(-n2c(SCC(=O)NCc3ccccc3)nc3c(sc(=S)n3-c3cccc(OC)c3)c2=O)cc1. The lowest BCUT2D eigenvalue weighted by atomic mass is 10.2. The van der Waals surface area contributed by atoms with Gasteiger partial charge >= 0.3 is 0 Å². The number of benzene rings is 3. The van der Waals surface area contributed by atoms with Crippen LogP contribution in [0.2, 0.25) is 0 Å². The number of methoxy groups -OCH3 is 1. The minimum atomic E-state index is -0.265. The first kappa shape index (κ1) is 27.6. The standard InChI is InChI=1S/C29H26N4O4S3/c1-3-37-22-14-12-20(13-15-22)33-27(35)25-26(32(29(38)40-25)21-10-7-11-23(16-21)36-2)31-28(33)39-18-24(34)30-17-19-8-5-4-6-9-19/h4-16H,3,17-18H2,1-2H3,(H,30,34). The molecule has 0 fully saturated rings. The molecule has 0 aliphatic rings. The second kappa shape index (κ2) is 12.5. The van der Waals surface area contributed by atoms with Gasteiger partial charge in [-0.3, -0.25) is 18.7 Å². The molecule has 3 aromatic carbocycles. The van der Waals surface area contributed by atoms with E-state index < -0.39 is 0 Å². The molecule has 2 heterocycles. The first-order valence-electron chi connectivity index (χ1n) is 12.5. The Morgan fingerprint density at radius 1 is 1.00 bits per heavy atom. The fourth-order valence-corrected chi connectivity index (χ4v) is 6.21. The molecule has 0 saturated heterocycles. The second-order valence-corrected chi connectivity index (χ2v) is 11.2. The van der Waals surface area contributed by atoms with E-state index in [9.17, 15) is 9.59 Å². The summed E-state index contributed by atoms with van der Waals surface area (Å²) in [6.45, 7) is 2.86. The predicted octanol–water partition coefficient (Wildman–Crippen LogP) is 5.78. The maximum Gasteiger partial charge on any atom is 0.278 e. The van der Waals surface area contributed by atoms with Gasteiger partial charge in [-0.1, -0.05) is 59.5 Å². The van der Waals surface area contributed by atoms with Crippen LogP contribution in [-0.4, -0.2) is 39.5 Å². The molecule has 0 saturated carbocycles. The molecular weight excluding hydrogens is 565 g/mol. The van der Waals surface area contributed by atoms with Crippen molar-refractivity contribution in [3.63, 3.8) is 0 Å². The van der Waals surface area contributed by atoms with Gasteiger partial charge in [0.05, 0.1) is 30.8 Å². The molecule has 0 bridgehead atoms. The molecule has 1 N–H and O–H groups in total. The van der Waals surface area contributed by atoms with E-state index in [4.69, 9.17) is 26.7 Å². The zero-order valence-electron chi connectivity index (χ0n) is 21.8. The number of aromatic nitrogens is 3. The number of hydrogen-bond donors (Lipinski definition) is 1. The highest BCUT2D eigenvalue weighted by Crippen LogP contribution is 2.29. The number of amides is 1. The van der Waals surface area contributed by atoms with Gasteiger partial charge in [0.25, 0.3) is 5.56 Å². The molecule has 5 rings (SSSR count). The lowest BCUT2D eigenvalue weighted by Crippen LogP contribution is -2.26. The Balaban J connectivity index is 1.56. The number of hydrogen-bond acceptors (Lipinski definition) is 8. The number of thioether (sulfide) groups is 1. The van der Waals surface area contributed by atoms with E-state index in [1.54, 1.807) is 35.9 Å². The highest BCUT2D eigenvalue weighted by Gasteiger charge is 2.20. The number of rotatable bonds is 10. The van der Waals surface area contributed by atoms with E-state index in [2.05, 4.69) is 5.32 Å². The number of nitrogens with zero attached hydrogens (tertiary/aromatic N) is 3. The molecule has 0 atom stereocenters. The summed E-state index contributed by atoms with van der Waals surface area (Å²) in [6.07, 6.45) is 0. The number of fused-ring (bicyclic) bond motifs is 1. The summed E-state index contributed by atoms with van der Waals surface area (Å²) in [6, 6.07) is 24.3. The smallest absolute Gasteiger partial charge is 0.278 e. The van der Waals surface area contributed by atoms with E-state index in [0.29, 0.717) is 49.8 Å². The van der Waals surface area contributed by atoms with Gasteiger partial charge in [0, 0.05) is 12.6 Å². The van der Waals surface area contributed by atoms with Crippen LogP contribution in [0.1, 0.15) is 12.5 Å². The minimum absolute atomic E-state index is 0.0752. The molecule has 204 valence electrons. The van der Waals surface area contributed by atoms with Gasteiger partial charge in [0.2, 0.25) is 5.91 Å². The van der Waals surface area contributed by atoms with E-state index in [-0.39, 0.29) is 17.2 Å². The Hall–Kier alpha value is -3.93. The Labute approximate surface area is 244 Å². The van der Waals surface area contributed by atoms with Crippen molar-refractivity contribution in [2.45, 2.75) is 18.6 Å². The highest BCUT2D eigenvalue weighted by molar-refractivity contribution is 7.99. The van der Waals surface area contributed by atoms with Gasteiger partial charge in [-0.15, -0.1) is 0 Å². The van der Waals surface area contributed by atoms with Gasteiger partial charge in [-0.25, -0.2) is 4.98 Å². The third-order valence-electron chi connectivity index (χ3n) is 5.96. The summed E-state index contributed by atoms with van der Waals surface area (Å²) in [5.41, 5.74) is 2.52. The largest absolute Gasteiger partial charge is 0.497 e. The van der Waals surface area contributed by atoms with Crippen LogP contribution in [0.25, 0.3) is 21.7 Å². The molecule has 0 unspecified atom stereocenters. The number of thiazole rings is 1.